The molecular weight excluding hydrogens is 301 g/mol. The molecule has 0 amide bonds. The van der Waals surface area contributed by atoms with Crippen molar-refractivity contribution in [1.29, 1.82) is 0 Å². The molecule has 0 unspecified atom stereocenters. The number of halogens is 2. The number of pyridine rings is 1. The van der Waals surface area contributed by atoms with E-state index in [4.69, 9.17) is 16.3 Å². The van der Waals surface area contributed by atoms with E-state index in [-0.39, 0.29) is 11.6 Å². The van der Waals surface area contributed by atoms with Crippen molar-refractivity contribution >= 4 is 22.4 Å². The van der Waals surface area contributed by atoms with E-state index in [1.54, 1.807) is 13.1 Å². The molecule has 4 heteroatoms. The van der Waals surface area contributed by atoms with Crippen LogP contribution in [0.1, 0.15) is 16.7 Å². The molecule has 1 heterocycles. The Morgan fingerprint density at radius 1 is 1.09 bits per heavy atom. The Kier molecular flexibility index (Phi) is 3.99. The molecule has 3 rings (SSSR count). The summed E-state index contributed by atoms with van der Waals surface area (Å²) in [6, 6.07) is 11.5. The number of aryl methyl sites for hydroxylation is 2. The van der Waals surface area contributed by atoms with Gasteiger partial charge in [-0.2, -0.15) is 0 Å². The molecule has 0 atom stereocenters. The van der Waals surface area contributed by atoms with Gasteiger partial charge in [0.2, 0.25) is 0 Å². The summed E-state index contributed by atoms with van der Waals surface area (Å²) in [7, 11) is 0. The van der Waals surface area contributed by atoms with Crippen LogP contribution in [0.25, 0.3) is 10.8 Å². The summed E-state index contributed by atoms with van der Waals surface area (Å²) in [4.78, 5) is 4.03. The summed E-state index contributed by atoms with van der Waals surface area (Å²) in [6.07, 6.45) is 1.62. The lowest BCUT2D eigenvalue weighted by molar-refractivity contribution is 0.288. The van der Waals surface area contributed by atoms with Gasteiger partial charge < -0.3 is 4.74 Å². The van der Waals surface area contributed by atoms with E-state index in [9.17, 15) is 4.39 Å². The topological polar surface area (TPSA) is 22.1 Å². The molecule has 3 aromatic rings. The van der Waals surface area contributed by atoms with Gasteiger partial charge in [-0.3, -0.25) is 0 Å². The molecule has 0 saturated heterocycles. The summed E-state index contributed by atoms with van der Waals surface area (Å²) >= 11 is 6.11. The first-order valence-electron chi connectivity index (χ1n) is 6.99. The average Bonchev–Trinajstić information content (AvgIpc) is 2.53. The largest absolute Gasteiger partial charge is 0.486 e. The first-order valence-corrected chi connectivity index (χ1v) is 7.37. The van der Waals surface area contributed by atoms with E-state index in [1.165, 1.54) is 0 Å². The number of rotatable bonds is 3. The number of fused-ring (bicyclic) bond motifs is 1. The molecule has 0 radical (unpaired) electrons. The lowest BCUT2D eigenvalue weighted by Crippen LogP contribution is -2.02. The van der Waals surface area contributed by atoms with Gasteiger partial charge in [-0.1, -0.05) is 41.9 Å². The maximum Gasteiger partial charge on any atom is 0.169 e. The molecular formula is C18H15ClFNO. The van der Waals surface area contributed by atoms with Crippen LogP contribution in [0.15, 0.2) is 42.6 Å². The fourth-order valence-electron chi connectivity index (χ4n) is 2.57. The molecule has 0 aliphatic carbocycles. The van der Waals surface area contributed by atoms with E-state index in [0.717, 1.165) is 16.5 Å². The third-order valence-electron chi connectivity index (χ3n) is 3.78. The van der Waals surface area contributed by atoms with E-state index in [0.29, 0.717) is 22.7 Å². The quantitative estimate of drug-likeness (QED) is 0.618. The molecule has 2 nitrogen and oxygen atoms in total. The molecule has 0 bridgehead atoms. The van der Waals surface area contributed by atoms with Gasteiger partial charge in [0.1, 0.15) is 11.8 Å². The van der Waals surface area contributed by atoms with Gasteiger partial charge in [0, 0.05) is 17.1 Å². The number of aromatic nitrogens is 1. The molecule has 0 N–H and O–H groups in total. The van der Waals surface area contributed by atoms with Crippen molar-refractivity contribution < 1.29 is 9.13 Å². The highest BCUT2D eigenvalue weighted by Gasteiger charge is 2.18. The Labute approximate surface area is 133 Å². The summed E-state index contributed by atoms with van der Waals surface area (Å²) in [5.74, 6) is -0.105. The molecule has 0 spiro atoms. The van der Waals surface area contributed by atoms with E-state index >= 15 is 0 Å². The number of nitrogens with zero attached hydrogens (tertiary/aromatic N) is 1. The Balaban J connectivity index is 2.07. The van der Waals surface area contributed by atoms with Crippen LogP contribution in [0.2, 0.25) is 5.15 Å². The van der Waals surface area contributed by atoms with Crippen molar-refractivity contribution in [2.45, 2.75) is 20.5 Å². The van der Waals surface area contributed by atoms with Crippen LogP contribution in [-0.4, -0.2) is 4.98 Å². The molecule has 0 fully saturated rings. The fraction of sp³-hybridized carbons (Fsp3) is 0.167. The van der Waals surface area contributed by atoms with Crippen LogP contribution < -0.4 is 4.74 Å². The Bertz CT molecular complexity index is 834. The van der Waals surface area contributed by atoms with Gasteiger partial charge in [0.05, 0.1) is 0 Å². The summed E-state index contributed by atoms with van der Waals surface area (Å²) in [5.41, 5.74) is 2.19. The zero-order chi connectivity index (χ0) is 15.7. The standard InChI is InChI=1S/C18H15ClFNO/c1-11-14-8-9-21-18(19)15(14)12(2)16(20)17(11)22-10-13-6-4-3-5-7-13/h3-9H,10H2,1-2H3. The molecule has 112 valence electrons. The lowest BCUT2D eigenvalue weighted by atomic mass is 10.0. The van der Waals surface area contributed by atoms with Crippen LogP contribution in [0.3, 0.4) is 0 Å². The minimum atomic E-state index is -0.379. The molecule has 2 aromatic carbocycles. The second-order valence-corrected chi connectivity index (χ2v) is 5.55. The van der Waals surface area contributed by atoms with Crippen LogP contribution in [-0.2, 0) is 6.61 Å². The van der Waals surface area contributed by atoms with Crippen LogP contribution in [0, 0.1) is 19.7 Å². The fourth-order valence-corrected chi connectivity index (χ4v) is 2.87. The first-order chi connectivity index (χ1) is 10.6. The van der Waals surface area contributed by atoms with Gasteiger partial charge in [-0.05, 0) is 36.4 Å². The third-order valence-corrected chi connectivity index (χ3v) is 4.07. The maximum absolute atomic E-state index is 14.7. The second-order valence-electron chi connectivity index (χ2n) is 5.19. The summed E-state index contributed by atoms with van der Waals surface area (Å²) in [6.45, 7) is 3.85. The number of ether oxygens (including phenoxy) is 1. The number of benzene rings is 2. The smallest absolute Gasteiger partial charge is 0.169 e. The summed E-state index contributed by atoms with van der Waals surface area (Å²) < 4.78 is 20.4. The molecule has 0 aliphatic rings. The van der Waals surface area contributed by atoms with Gasteiger partial charge >= 0.3 is 0 Å². The van der Waals surface area contributed by atoms with Crippen molar-refractivity contribution in [2.24, 2.45) is 0 Å². The Hall–Kier alpha value is -2.13. The van der Waals surface area contributed by atoms with E-state index in [2.05, 4.69) is 4.98 Å². The highest BCUT2D eigenvalue weighted by atomic mass is 35.5. The predicted molar refractivity (Wildman–Crippen MR) is 87.0 cm³/mol. The SMILES string of the molecule is Cc1c(OCc2ccccc2)c(F)c(C)c2c(Cl)nccc12. The predicted octanol–water partition coefficient (Wildman–Crippen LogP) is 5.22. The van der Waals surface area contributed by atoms with E-state index in [1.807, 2.05) is 43.3 Å². The zero-order valence-corrected chi connectivity index (χ0v) is 13.1. The van der Waals surface area contributed by atoms with Crippen LogP contribution in [0.4, 0.5) is 4.39 Å². The van der Waals surface area contributed by atoms with Crippen molar-refractivity contribution in [3.63, 3.8) is 0 Å². The number of hydrogen-bond donors (Lipinski definition) is 0. The Morgan fingerprint density at radius 2 is 1.82 bits per heavy atom. The third kappa shape index (κ3) is 2.53. The van der Waals surface area contributed by atoms with Crippen molar-refractivity contribution in [3.05, 3.63) is 70.3 Å². The van der Waals surface area contributed by atoms with Crippen molar-refractivity contribution in [1.82, 2.24) is 4.98 Å². The highest BCUT2D eigenvalue weighted by Crippen LogP contribution is 2.36. The summed E-state index contributed by atoms with van der Waals surface area (Å²) in [5, 5.41) is 1.82. The minimum absolute atomic E-state index is 0.274. The molecule has 1 aromatic heterocycles. The Morgan fingerprint density at radius 3 is 2.55 bits per heavy atom. The average molecular weight is 316 g/mol. The van der Waals surface area contributed by atoms with Gasteiger partial charge in [-0.15, -0.1) is 0 Å². The monoisotopic (exact) mass is 315 g/mol. The van der Waals surface area contributed by atoms with Gasteiger partial charge in [0.15, 0.2) is 11.6 Å². The van der Waals surface area contributed by atoms with Gasteiger partial charge in [0.25, 0.3) is 0 Å². The zero-order valence-electron chi connectivity index (χ0n) is 12.4. The molecule has 0 aliphatic heterocycles. The van der Waals surface area contributed by atoms with Crippen LogP contribution in [0.5, 0.6) is 5.75 Å². The van der Waals surface area contributed by atoms with Gasteiger partial charge in [-0.25, -0.2) is 9.37 Å². The number of hydrogen-bond acceptors (Lipinski definition) is 2. The second kappa shape index (κ2) is 5.93. The van der Waals surface area contributed by atoms with Crippen molar-refractivity contribution in [2.75, 3.05) is 0 Å². The van der Waals surface area contributed by atoms with Crippen molar-refractivity contribution in [3.8, 4) is 5.75 Å². The normalized spacial score (nSPS) is 10.9. The highest BCUT2D eigenvalue weighted by molar-refractivity contribution is 6.34. The minimum Gasteiger partial charge on any atom is -0.486 e. The maximum atomic E-state index is 14.7. The van der Waals surface area contributed by atoms with Crippen LogP contribution >= 0.6 is 11.6 Å². The molecule has 22 heavy (non-hydrogen) atoms. The first kappa shape index (κ1) is 14.8. The molecule has 0 saturated carbocycles. The lowest BCUT2D eigenvalue weighted by Gasteiger charge is -2.15. The van der Waals surface area contributed by atoms with E-state index < -0.39 is 0 Å².